The Morgan fingerprint density at radius 2 is 2.17 bits per heavy atom. The van der Waals surface area contributed by atoms with Crippen LogP contribution in [0.3, 0.4) is 0 Å². The molecule has 0 spiro atoms. The Labute approximate surface area is 111 Å². The van der Waals surface area contributed by atoms with Gasteiger partial charge >= 0.3 is 0 Å². The summed E-state index contributed by atoms with van der Waals surface area (Å²) in [5.74, 6) is 0. The average molecular weight is 247 g/mol. The Bertz CT molecular complexity index is 416. The molecule has 18 heavy (non-hydrogen) atoms. The summed E-state index contributed by atoms with van der Waals surface area (Å²) in [6.45, 7) is 9.61. The zero-order valence-electron chi connectivity index (χ0n) is 12.0. The molecule has 1 fully saturated rings. The van der Waals surface area contributed by atoms with Crippen LogP contribution in [0.2, 0.25) is 0 Å². The number of nitrogens with one attached hydrogen (secondary N) is 1. The van der Waals surface area contributed by atoms with Crippen LogP contribution in [0.4, 0.5) is 5.69 Å². The first-order chi connectivity index (χ1) is 8.52. The molecule has 0 amide bonds. The maximum Gasteiger partial charge on any atom is 0.0671 e. The summed E-state index contributed by atoms with van der Waals surface area (Å²) < 4.78 is 5.90. The van der Waals surface area contributed by atoms with Crippen molar-refractivity contribution >= 4 is 5.69 Å². The standard InChI is InChI=1S/C16H25NO/c1-5-16(4)11-14(8-9-18-16)17-15-10-12(2)6-7-13(15)3/h6-7,10,14,17H,5,8-9,11H2,1-4H3. The third kappa shape index (κ3) is 3.05. The van der Waals surface area contributed by atoms with Gasteiger partial charge in [0.25, 0.3) is 0 Å². The molecule has 0 radical (unpaired) electrons. The largest absolute Gasteiger partial charge is 0.382 e. The van der Waals surface area contributed by atoms with Gasteiger partial charge in [-0.25, -0.2) is 0 Å². The Hall–Kier alpha value is -1.02. The fourth-order valence-corrected chi connectivity index (χ4v) is 2.61. The lowest BCUT2D eigenvalue weighted by molar-refractivity contribution is -0.0708. The maximum atomic E-state index is 5.90. The van der Waals surface area contributed by atoms with Crippen LogP contribution in [0.25, 0.3) is 0 Å². The Morgan fingerprint density at radius 1 is 1.39 bits per heavy atom. The second-order valence-corrected chi connectivity index (χ2v) is 5.80. The third-order valence-electron chi connectivity index (χ3n) is 4.10. The van der Waals surface area contributed by atoms with E-state index in [0.717, 1.165) is 25.9 Å². The zero-order chi connectivity index (χ0) is 13.2. The molecule has 2 nitrogen and oxygen atoms in total. The van der Waals surface area contributed by atoms with E-state index in [2.05, 4.69) is 51.2 Å². The summed E-state index contributed by atoms with van der Waals surface area (Å²) in [7, 11) is 0. The fourth-order valence-electron chi connectivity index (χ4n) is 2.61. The van der Waals surface area contributed by atoms with E-state index < -0.39 is 0 Å². The van der Waals surface area contributed by atoms with E-state index in [1.165, 1.54) is 16.8 Å². The maximum absolute atomic E-state index is 5.90. The molecular formula is C16H25NO. The minimum atomic E-state index is 0.0493. The zero-order valence-corrected chi connectivity index (χ0v) is 12.0. The van der Waals surface area contributed by atoms with Crippen molar-refractivity contribution < 1.29 is 4.74 Å². The van der Waals surface area contributed by atoms with Gasteiger partial charge in [-0.3, -0.25) is 0 Å². The first-order valence-electron chi connectivity index (χ1n) is 7.00. The van der Waals surface area contributed by atoms with Crippen molar-refractivity contribution in [2.24, 2.45) is 0 Å². The molecule has 2 unspecified atom stereocenters. The molecule has 2 atom stereocenters. The van der Waals surface area contributed by atoms with Gasteiger partial charge in [-0.1, -0.05) is 19.1 Å². The normalized spacial score (nSPS) is 28.1. The highest BCUT2D eigenvalue weighted by molar-refractivity contribution is 5.53. The van der Waals surface area contributed by atoms with Crippen molar-refractivity contribution in [1.29, 1.82) is 0 Å². The van der Waals surface area contributed by atoms with Gasteiger partial charge in [0.1, 0.15) is 0 Å². The Kier molecular flexibility index (Phi) is 3.96. The monoisotopic (exact) mass is 247 g/mol. The quantitative estimate of drug-likeness (QED) is 0.869. The molecule has 0 saturated carbocycles. The number of rotatable bonds is 3. The van der Waals surface area contributed by atoms with Gasteiger partial charge in [0.15, 0.2) is 0 Å². The molecule has 2 heteroatoms. The minimum Gasteiger partial charge on any atom is -0.382 e. The van der Waals surface area contributed by atoms with Crippen LogP contribution in [0.1, 0.15) is 44.2 Å². The highest BCUT2D eigenvalue weighted by atomic mass is 16.5. The van der Waals surface area contributed by atoms with Crippen LogP contribution in [0, 0.1) is 13.8 Å². The number of benzene rings is 1. The number of aryl methyl sites for hydroxylation is 2. The molecule has 100 valence electrons. The number of ether oxygens (including phenoxy) is 1. The molecule has 0 bridgehead atoms. The van der Waals surface area contributed by atoms with E-state index in [1.54, 1.807) is 0 Å². The Balaban J connectivity index is 2.07. The van der Waals surface area contributed by atoms with Crippen LogP contribution in [-0.2, 0) is 4.74 Å². The van der Waals surface area contributed by atoms with Crippen LogP contribution in [0.15, 0.2) is 18.2 Å². The first kappa shape index (κ1) is 13.4. The lowest BCUT2D eigenvalue weighted by Gasteiger charge is -2.38. The summed E-state index contributed by atoms with van der Waals surface area (Å²) >= 11 is 0. The molecule has 1 N–H and O–H groups in total. The van der Waals surface area contributed by atoms with Gasteiger partial charge in [-0.15, -0.1) is 0 Å². The van der Waals surface area contributed by atoms with E-state index in [-0.39, 0.29) is 5.60 Å². The summed E-state index contributed by atoms with van der Waals surface area (Å²) in [5.41, 5.74) is 3.97. The van der Waals surface area contributed by atoms with Gasteiger partial charge in [0.05, 0.1) is 5.60 Å². The van der Waals surface area contributed by atoms with Crippen molar-refractivity contribution in [3.05, 3.63) is 29.3 Å². The fraction of sp³-hybridized carbons (Fsp3) is 0.625. The first-order valence-corrected chi connectivity index (χ1v) is 7.00. The van der Waals surface area contributed by atoms with Gasteiger partial charge < -0.3 is 10.1 Å². The molecule has 0 aromatic heterocycles. The van der Waals surface area contributed by atoms with Gasteiger partial charge in [0, 0.05) is 18.3 Å². The number of hydrogen-bond acceptors (Lipinski definition) is 2. The van der Waals surface area contributed by atoms with Crippen molar-refractivity contribution in [2.75, 3.05) is 11.9 Å². The highest BCUT2D eigenvalue weighted by Crippen LogP contribution is 2.30. The second-order valence-electron chi connectivity index (χ2n) is 5.80. The van der Waals surface area contributed by atoms with E-state index in [4.69, 9.17) is 4.74 Å². The average Bonchev–Trinajstić information content (AvgIpc) is 2.34. The summed E-state index contributed by atoms with van der Waals surface area (Å²) in [5, 5.41) is 3.70. The third-order valence-corrected chi connectivity index (χ3v) is 4.10. The molecule has 0 aliphatic carbocycles. The lowest BCUT2D eigenvalue weighted by atomic mass is 9.89. The van der Waals surface area contributed by atoms with Crippen LogP contribution >= 0.6 is 0 Å². The van der Waals surface area contributed by atoms with Gasteiger partial charge in [0.2, 0.25) is 0 Å². The summed E-state index contributed by atoms with van der Waals surface area (Å²) in [6.07, 6.45) is 3.28. The van der Waals surface area contributed by atoms with E-state index >= 15 is 0 Å². The highest BCUT2D eigenvalue weighted by Gasteiger charge is 2.31. The van der Waals surface area contributed by atoms with E-state index in [0.29, 0.717) is 6.04 Å². The van der Waals surface area contributed by atoms with Gasteiger partial charge in [-0.2, -0.15) is 0 Å². The predicted octanol–water partition coefficient (Wildman–Crippen LogP) is 4.06. The molecule has 1 aliphatic rings. The SMILES string of the molecule is CCC1(C)CC(Nc2cc(C)ccc2C)CCO1. The summed E-state index contributed by atoms with van der Waals surface area (Å²) in [6, 6.07) is 7.13. The second kappa shape index (κ2) is 5.31. The molecule has 1 saturated heterocycles. The van der Waals surface area contributed by atoms with Crippen LogP contribution in [0.5, 0.6) is 0 Å². The number of hydrogen-bond donors (Lipinski definition) is 1. The van der Waals surface area contributed by atoms with Crippen molar-refractivity contribution in [1.82, 2.24) is 0 Å². The van der Waals surface area contributed by atoms with Crippen LogP contribution in [-0.4, -0.2) is 18.2 Å². The van der Waals surface area contributed by atoms with Crippen molar-refractivity contribution in [3.63, 3.8) is 0 Å². The smallest absolute Gasteiger partial charge is 0.0671 e. The predicted molar refractivity (Wildman–Crippen MR) is 77.2 cm³/mol. The molecule has 1 aromatic rings. The minimum absolute atomic E-state index is 0.0493. The van der Waals surface area contributed by atoms with Crippen LogP contribution < -0.4 is 5.32 Å². The van der Waals surface area contributed by atoms with E-state index in [9.17, 15) is 0 Å². The van der Waals surface area contributed by atoms with Crippen molar-refractivity contribution in [2.45, 2.75) is 58.6 Å². The molecule has 1 aromatic carbocycles. The Morgan fingerprint density at radius 3 is 2.89 bits per heavy atom. The molecular weight excluding hydrogens is 222 g/mol. The van der Waals surface area contributed by atoms with Crippen molar-refractivity contribution in [3.8, 4) is 0 Å². The van der Waals surface area contributed by atoms with Gasteiger partial charge in [-0.05, 0) is 57.2 Å². The topological polar surface area (TPSA) is 21.3 Å². The molecule has 1 heterocycles. The molecule has 2 rings (SSSR count). The molecule has 1 aliphatic heterocycles. The van der Waals surface area contributed by atoms with E-state index in [1.807, 2.05) is 0 Å². The number of anilines is 1. The summed E-state index contributed by atoms with van der Waals surface area (Å²) in [4.78, 5) is 0. The lowest BCUT2D eigenvalue weighted by Crippen LogP contribution is -2.41.